The maximum Gasteiger partial charge on any atom is 0.191 e. The Morgan fingerprint density at radius 2 is 1.84 bits per heavy atom. The van der Waals surface area contributed by atoms with Gasteiger partial charge in [-0.3, -0.25) is 4.68 Å². The summed E-state index contributed by atoms with van der Waals surface area (Å²) in [5, 5.41) is 14.4. The lowest BCUT2D eigenvalue weighted by Crippen LogP contribution is -2.37. The topological polar surface area (TPSA) is 75.5 Å². The van der Waals surface area contributed by atoms with Crippen LogP contribution >= 0.6 is 0 Å². The standard InChI is InChI=1S/C24H32N6O/c1-3-25-24(27-17-20-9-11-23(12-10-20)26-14-16-31-2)28-18-21-7-4-5-8-22(21)19-30-15-6-13-29-30/h4-13,15,26H,3,14,16-19H2,1-2H3,(H2,25,27,28). The molecule has 0 aliphatic carbocycles. The van der Waals surface area contributed by atoms with E-state index in [1.807, 2.05) is 16.9 Å². The molecule has 31 heavy (non-hydrogen) atoms. The van der Waals surface area contributed by atoms with Crippen LogP contribution in [0.15, 0.2) is 72.0 Å². The lowest BCUT2D eigenvalue weighted by Gasteiger charge is -2.14. The summed E-state index contributed by atoms with van der Waals surface area (Å²) >= 11 is 0. The quantitative estimate of drug-likeness (QED) is 0.252. The second-order valence-electron chi connectivity index (χ2n) is 7.14. The Labute approximate surface area is 184 Å². The van der Waals surface area contributed by atoms with Crippen LogP contribution < -0.4 is 16.0 Å². The summed E-state index contributed by atoms with van der Waals surface area (Å²) in [6, 6.07) is 18.7. The summed E-state index contributed by atoms with van der Waals surface area (Å²) in [7, 11) is 1.71. The zero-order chi connectivity index (χ0) is 21.7. The number of aliphatic imine (C=N–C) groups is 1. The van der Waals surface area contributed by atoms with E-state index in [0.29, 0.717) is 19.7 Å². The van der Waals surface area contributed by atoms with Crippen molar-refractivity contribution in [1.29, 1.82) is 0 Å². The van der Waals surface area contributed by atoms with Crippen LogP contribution in [0.25, 0.3) is 0 Å². The van der Waals surface area contributed by atoms with Crippen LogP contribution in [0.3, 0.4) is 0 Å². The van der Waals surface area contributed by atoms with E-state index in [0.717, 1.165) is 36.8 Å². The van der Waals surface area contributed by atoms with E-state index < -0.39 is 0 Å². The summed E-state index contributed by atoms with van der Waals surface area (Å²) in [5.41, 5.74) is 4.72. The van der Waals surface area contributed by atoms with E-state index in [1.54, 1.807) is 13.3 Å². The average molecular weight is 421 g/mol. The van der Waals surface area contributed by atoms with Crippen LogP contribution in [0.2, 0.25) is 0 Å². The van der Waals surface area contributed by atoms with Gasteiger partial charge < -0.3 is 20.7 Å². The van der Waals surface area contributed by atoms with Crippen LogP contribution in [-0.2, 0) is 24.4 Å². The molecule has 3 rings (SSSR count). The van der Waals surface area contributed by atoms with Gasteiger partial charge >= 0.3 is 0 Å². The second kappa shape index (κ2) is 12.4. The zero-order valence-corrected chi connectivity index (χ0v) is 18.3. The lowest BCUT2D eigenvalue weighted by molar-refractivity contribution is 0.211. The molecule has 0 saturated carbocycles. The zero-order valence-electron chi connectivity index (χ0n) is 18.3. The minimum absolute atomic E-state index is 0.614. The number of ether oxygens (including phenoxy) is 1. The Kier molecular flexibility index (Phi) is 8.94. The predicted octanol–water partition coefficient (Wildman–Crippen LogP) is 3.25. The van der Waals surface area contributed by atoms with Gasteiger partial charge in [-0.05, 0) is 41.8 Å². The minimum atomic E-state index is 0.614. The van der Waals surface area contributed by atoms with Gasteiger partial charge in [0.2, 0.25) is 0 Å². The first kappa shape index (κ1) is 22.4. The van der Waals surface area contributed by atoms with Gasteiger partial charge in [-0.15, -0.1) is 0 Å². The van der Waals surface area contributed by atoms with E-state index in [2.05, 4.69) is 76.5 Å². The molecule has 0 aliphatic rings. The maximum atomic E-state index is 5.06. The number of rotatable bonds is 11. The molecule has 0 radical (unpaired) electrons. The van der Waals surface area contributed by atoms with Crippen molar-refractivity contribution in [2.24, 2.45) is 4.99 Å². The van der Waals surface area contributed by atoms with Crippen molar-refractivity contribution < 1.29 is 4.74 Å². The molecule has 0 amide bonds. The number of guanidine groups is 1. The second-order valence-corrected chi connectivity index (χ2v) is 7.14. The van der Waals surface area contributed by atoms with Crippen molar-refractivity contribution in [3.05, 3.63) is 83.7 Å². The summed E-state index contributed by atoms with van der Waals surface area (Å²) in [6.07, 6.45) is 3.78. The van der Waals surface area contributed by atoms with E-state index in [4.69, 9.17) is 9.73 Å². The Balaban J connectivity index is 1.58. The van der Waals surface area contributed by atoms with Crippen molar-refractivity contribution in [1.82, 2.24) is 20.4 Å². The van der Waals surface area contributed by atoms with Gasteiger partial charge in [0.15, 0.2) is 5.96 Å². The van der Waals surface area contributed by atoms with Crippen LogP contribution in [0.4, 0.5) is 5.69 Å². The molecule has 0 aliphatic heterocycles. The molecule has 2 aromatic carbocycles. The highest BCUT2D eigenvalue weighted by molar-refractivity contribution is 5.79. The number of nitrogens with zero attached hydrogens (tertiary/aromatic N) is 3. The van der Waals surface area contributed by atoms with Crippen molar-refractivity contribution in [3.8, 4) is 0 Å². The third kappa shape index (κ3) is 7.46. The molecule has 3 N–H and O–H groups in total. The Hall–Kier alpha value is -3.32. The van der Waals surface area contributed by atoms with Crippen LogP contribution in [0.5, 0.6) is 0 Å². The number of benzene rings is 2. The van der Waals surface area contributed by atoms with Crippen molar-refractivity contribution in [3.63, 3.8) is 0 Å². The monoisotopic (exact) mass is 420 g/mol. The highest BCUT2D eigenvalue weighted by Gasteiger charge is 2.05. The molecule has 1 aromatic heterocycles. The van der Waals surface area contributed by atoms with E-state index in [9.17, 15) is 0 Å². The molecular weight excluding hydrogens is 388 g/mol. The van der Waals surface area contributed by atoms with Crippen LogP contribution in [-0.4, -0.2) is 42.5 Å². The molecule has 0 unspecified atom stereocenters. The van der Waals surface area contributed by atoms with E-state index in [1.165, 1.54) is 11.1 Å². The van der Waals surface area contributed by atoms with Crippen molar-refractivity contribution in [2.75, 3.05) is 32.1 Å². The average Bonchev–Trinajstić information content (AvgIpc) is 3.31. The highest BCUT2D eigenvalue weighted by atomic mass is 16.5. The molecule has 3 aromatic rings. The SMILES string of the molecule is CCNC(=NCc1ccc(NCCOC)cc1)NCc1ccccc1Cn1cccn1. The molecule has 164 valence electrons. The number of methoxy groups -OCH3 is 1. The molecule has 0 atom stereocenters. The fourth-order valence-corrected chi connectivity index (χ4v) is 3.17. The van der Waals surface area contributed by atoms with Crippen molar-refractivity contribution >= 4 is 11.6 Å². The number of hydrogen-bond donors (Lipinski definition) is 3. The Morgan fingerprint density at radius 1 is 1.03 bits per heavy atom. The molecule has 0 fully saturated rings. The summed E-state index contributed by atoms with van der Waals surface area (Å²) in [5.74, 6) is 0.804. The number of aromatic nitrogens is 2. The van der Waals surface area contributed by atoms with Gasteiger partial charge in [-0.2, -0.15) is 5.10 Å². The van der Waals surface area contributed by atoms with E-state index >= 15 is 0 Å². The smallest absolute Gasteiger partial charge is 0.191 e. The number of anilines is 1. The van der Waals surface area contributed by atoms with Gasteiger partial charge in [-0.25, -0.2) is 4.99 Å². The van der Waals surface area contributed by atoms with E-state index in [-0.39, 0.29) is 0 Å². The molecular formula is C24H32N6O. The van der Waals surface area contributed by atoms with Gasteiger partial charge in [-0.1, -0.05) is 36.4 Å². The fourth-order valence-electron chi connectivity index (χ4n) is 3.17. The summed E-state index contributed by atoms with van der Waals surface area (Å²) < 4.78 is 7.00. The van der Waals surface area contributed by atoms with Gasteiger partial charge in [0, 0.05) is 44.8 Å². The number of hydrogen-bond acceptors (Lipinski definition) is 4. The predicted molar refractivity (Wildman–Crippen MR) is 126 cm³/mol. The maximum absolute atomic E-state index is 5.06. The summed E-state index contributed by atoms with van der Waals surface area (Å²) in [4.78, 5) is 4.75. The summed E-state index contributed by atoms with van der Waals surface area (Å²) in [6.45, 7) is 6.43. The normalized spacial score (nSPS) is 11.4. The fraction of sp³-hybridized carbons (Fsp3) is 0.333. The Bertz CT molecular complexity index is 922. The van der Waals surface area contributed by atoms with Gasteiger partial charge in [0.05, 0.1) is 19.7 Å². The van der Waals surface area contributed by atoms with Crippen molar-refractivity contribution in [2.45, 2.75) is 26.6 Å². The Morgan fingerprint density at radius 3 is 2.55 bits per heavy atom. The minimum Gasteiger partial charge on any atom is -0.383 e. The first-order valence-electron chi connectivity index (χ1n) is 10.7. The molecule has 0 saturated heterocycles. The largest absolute Gasteiger partial charge is 0.383 e. The third-order valence-electron chi connectivity index (χ3n) is 4.81. The molecule has 1 heterocycles. The van der Waals surface area contributed by atoms with Gasteiger partial charge in [0.25, 0.3) is 0 Å². The van der Waals surface area contributed by atoms with Crippen LogP contribution in [0, 0.1) is 0 Å². The van der Waals surface area contributed by atoms with Gasteiger partial charge in [0.1, 0.15) is 0 Å². The van der Waals surface area contributed by atoms with Crippen LogP contribution in [0.1, 0.15) is 23.6 Å². The lowest BCUT2D eigenvalue weighted by atomic mass is 10.1. The first-order valence-corrected chi connectivity index (χ1v) is 10.7. The molecule has 0 bridgehead atoms. The molecule has 0 spiro atoms. The molecule has 7 heteroatoms. The molecule has 7 nitrogen and oxygen atoms in total. The third-order valence-corrected chi connectivity index (χ3v) is 4.81. The number of nitrogens with one attached hydrogen (secondary N) is 3. The first-order chi connectivity index (χ1) is 15.3. The highest BCUT2D eigenvalue weighted by Crippen LogP contribution is 2.11.